The fourth-order valence-electron chi connectivity index (χ4n) is 4.72. The van der Waals surface area contributed by atoms with Crippen LogP contribution >= 0.6 is 50.7 Å². The predicted molar refractivity (Wildman–Crippen MR) is 162 cm³/mol. The molecule has 3 aromatic rings. The topological polar surface area (TPSA) is 37.4 Å². The molecule has 1 amide bonds. The van der Waals surface area contributed by atoms with E-state index in [0.717, 1.165) is 23.8 Å². The highest BCUT2D eigenvalue weighted by Gasteiger charge is 2.52. The Morgan fingerprint density at radius 1 is 1.02 bits per heavy atom. The molecule has 1 fully saturated rings. The summed E-state index contributed by atoms with van der Waals surface area (Å²) in [4.78, 5) is 28.5. The second-order valence-electron chi connectivity index (χ2n) is 10.1. The number of ketones is 1. The molecule has 1 aliphatic rings. The molecule has 1 saturated carbocycles. The van der Waals surface area contributed by atoms with E-state index in [2.05, 4.69) is 15.9 Å². The van der Waals surface area contributed by atoms with E-state index in [4.69, 9.17) is 34.8 Å². The third-order valence-corrected chi connectivity index (χ3v) is 9.04. The van der Waals surface area contributed by atoms with Crippen LogP contribution in [0, 0.1) is 5.41 Å². The first-order valence-electron chi connectivity index (χ1n) is 12.9. The predicted octanol–water partition coefficient (Wildman–Crippen LogP) is 10.2. The van der Waals surface area contributed by atoms with Crippen LogP contribution in [0.15, 0.2) is 71.2 Å². The molecule has 1 aliphatic carbocycles. The fraction of sp³-hybridized carbons (Fsp3) is 0.290. The number of hydrogen-bond acceptors (Lipinski definition) is 2. The molecular weight excluding hydrogens is 662 g/mol. The van der Waals surface area contributed by atoms with E-state index >= 15 is 0 Å². The summed E-state index contributed by atoms with van der Waals surface area (Å²) in [5.74, 6) is -2.21. The van der Waals surface area contributed by atoms with Crippen molar-refractivity contribution in [3.05, 3.63) is 109 Å². The minimum absolute atomic E-state index is 0.0144. The van der Waals surface area contributed by atoms with Gasteiger partial charge in [0.05, 0.1) is 26.4 Å². The van der Waals surface area contributed by atoms with Crippen molar-refractivity contribution >= 4 is 68.5 Å². The number of rotatable bonds is 10. The summed E-state index contributed by atoms with van der Waals surface area (Å²) >= 11 is 21.2. The SMILES string of the molecule is CCN(Cc1ccccc1)C(=O)C1(CC(=O)c2ccc(/C=C/C(c3cc(Cl)c(Cl)c(Cl)c3)C(F)(F)F)cc2Br)CC1. The van der Waals surface area contributed by atoms with Gasteiger partial charge < -0.3 is 4.90 Å². The first-order valence-corrected chi connectivity index (χ1v) is 14.8. The van der Waals surface area contributed by atoms with Crippen LogP contribution in [-0.4, -0.2) is 29.3 Å². The number of benzene rings is 3. The van der Waals surface area contributed by atoms with Gasteiger partial charge >= 0.3 is 6.18 Å². The quantitative estimate of drug-likeness (QED) is 0.157. The molecule has 10 heteroatoms. The van der Waals surface area contributed by atoms with Gasteiger partial charge in [-0.3, -0.25) is 9.59 Å². The zero-order valence-electron chi connectivity index (χ0n) is 22.0. The molecule has 0 radical (unpaired) electrons. The van der Waals surface area contributed by atoms with Gasteiger partial charge in [0.2, 0.25) is 5.91 Å². The second kappa shape index (κ2) is 12.9. The molecule has 3 nitrogen and oxygen atoms in total. The lowest BCUT2D eigenvalue weighted by molar-refractivity contribution is -0.139. The number of carbonyl (C=O) groups is 2. The molecule has 0 spiro atoms. The number of halogens is 7. The van der Waals surface area contributed by atoms with Crippen molar-refractivity contribution in [2.75, 3.05) is 6.54 Å². The van der Waals surface area contributed by atoms with Crippen LogP contribution in [0.2, 0.25) is 15.1 Å². The van der Waals surface area contributed by atoms with Crippen LogP contribution < -0.4 is 0 Å². The Kier molecular flexibility index (Phi) is 9.95. The Morgan fingerprint density at radius 2 is 1.66 bits per heavy atom. The maximum atomic E-state index is 13.9. The smallest absolute Gasteiger partial charge is 0.338 e. The number of amides is 1. The average molecular weight is 688 g/mol. The largest absolute Gasteiger partial charge is 0.399 e. The molecule has 0 heterocycles. The van der Waals surface area contributed by atoms with Crippen molar-refractivity contribution in [2.24, 2.45) is 5.41 Å². The summed E-state index contributed by atoms with van der Waals surface area (Å²) in [7, 11) is 0. The molecule has 3 aromatic carbocycles. The number of carbonyl (C=O) groups excluding carboxylic acids is 2. The highest BCUT2D eigenvalue weighted by molar-refractivity contribution is 9.10. The average Bonchev–Trinajstić information content (AvgIpc) is 3.70. The summed E-state index contributed by atoms with van der Waals surface area (Å²) in [5.41, 5.74) is 0.973. The summed E-state index contributed by atoms with van der Waals surface area (Å²) in [5, 5.41) is -0.160. The summed E-state index contributed by atoms with van der Waals surface area (Å²) < 4.78 is 42.1. The van der Waals surface area contributed by atoms with E-state index in [1.54, 1.807) is 23.1 Å². The normalized spacial score (nSPS) is 15.1. The highest BCUT2D eigenvalue weighted by atomic mass is 79.9. The minimum Gasteiger partial charge on any atom is -0.338 e. The molecule has 0 saturated heterocycles. The molecule has 216 valence electrons. The zero-order valence-corrected chi connectivity index (χ0v) is 25.8. The van der Waals surface area contributed by atoms with Crippen molar-refractivity contribution < 1.29 is 22.8 Å². The van der Waals surface area contributed by atoms with Crippen LogP contribution in [0.4, 0.5) is 13.2 Å². The molecule has 0 aromatic heterocycles. The third kappa shape index (κ3) is 7.56. The van der Waals surface area contributed by atoms with Crippen LogP contribution in [0.3, 0.4) is 0 Å². The Balaban J connectivity index is 1.49. The molecule has 0 N–H and O–H groups in total. The molecule has 0 bridgehead atoms. The first-order chi connectivity index (χ1) is 19.3. The molecule has 4 rings (SSSR count). The Bertz CT molecular complexity index is 1450. The fourth-order valence-corrected chi connectivity index (χ4v) is 5.95. The summed E-state index contributed by atoms with van der Waals surface area (Å²) in [6, 6.07) is 16.7. The van der Waals surface area contributed by atoms with Gasteiger partial charge in [0.15, 0.2) is 5.78 Å². The Labute approximate surface area is 260 Å². The zero-order chi connectivity index (χ0) is 29.9. The monoisotopic (exact) mass is 685 g/mol. The Morgan fingerprint density at radius 3 is 2.20 bits per heavy atom. The summed E-state index contributed by atoms with van der Waals surface area (Å²) in [6.45, 7) is 2.92. The number of Topliss-reactive ketones (excluding diaryl/α,β-unsaturated/α-hetero) is 1. The summed E-state index contributed by atoms with van der Waals surface area (Å²) in [6.07, 6.45) is -0.940. The van der Waals surface area contributed by atoms with Gasteiger partial charge in [-0.15, -0.1) is 0 Å². The molecular formula is C31H26BrCl3F3NO2. The maximum absolute atomic E-state index is 13.9. The van der Waals surface area contributed by atoms with E-state index in [1.807, 2.05) is 37.3 Å². The van der Waals surface area contributed by atoms with E-state index in [1.165, 1.54) is 6.08 Å². The van der Waals surface area contributed by atoms with Crippen LogP contribution in [-0.2, 0) is 11.3 Å². The highest BCUT2D eigenvalue weighted by Crippen LogP contribution is 2.51. The molecule has 1 unspecified atom stereocenters. The van der Waals surface area contributed by atoms with E-state index in [-0.39, 0.29) is 38.7 Å². The van der Waals surface area contributed by atoms with E-state index in [0.29, 0.717) is 41.5 Å². The van der Waals surface area contributed by atoms with Gasteiger partial charge in [0.25, 0.3) is 0 Å². The van der Waals surface area contributed by atoms with Gasteiger partial charge in [-0.05, 0) is 60.7 Å². The van der Waals surface area contributed by atoms with Gasteiger partial charge in [0.1, 0.15) is 0 Å². The lowest BCUT2D eigenvalue weighted by atomic mass is 9.93. The first kappa shape index (κ1) is 31.6. The lowest BCUT2D eigenvalue weighted by Gasteiger charge is -2.26. The third-order valence-electron chi connectivity index (χ3n) is 7.18. The van der Waals surface area contributed by atoms with E-state index in [9.17, 15) is 22.8 Å². The van der Waals surface area contributed by atoms with Crippen molar-refractivity contribution in [1.29, 1.82) is 0 Å². The standard InChI is InChI=1S/C31H26BrCl3F3NO2/c1-2-39(18-20-6-4-3-5-7-20)29(41)30(12-13-30)17-27(40)22-10-8-19(14-24(22)32)9-11-23(31(36,37)38)21-15-25(33)28(35)26(34)16-21/h3-11,14-16,23H,2,12-13,17-18H2,1H3/b11-9+. The number of hydrogen-bond donors (Lipinski definition) is 0. The van der Waals surface area contributed by atoms with Crippen LogP contribution in [0.5, 0.6) is 0 Å². The van der Waals surface area contributed by atoms with Gasteiger partial charge in [-0.25, -0.2) is 0 Å². The van der Waals surface area contributed by atoms with Gasteiger partial charge in [0, 0.05) is 29.5 Å². The van der Waals surface area contributed by atoms with Crippen molar-refractivity contribution in [1.82, 2.24) is 4.90 Å². The second-order valence-corrected chi connectivity index (χ2v) is 12.1. The Hall–Kier alpha value is -2.32. The van der Waals surface area contributed by atoms with Crippen molar-refractivity contribution in [3.63, 3.8) is 0 Å². The number of nitrogens with zero attached hydrogens (tertiary/aromatic N) is 1. The molecule has 0 aliphatic heterocycles. The minimum atomic E-state index is -4.61. The van der Waals surface area contributed by atoms with E-state index < -0.39 is 17.5 Å². The molecule has 41 heavy (non-hydrogen) atoms. The lowest BCUT2D eigenvalue weighted by Crippen LogP contribution is -2.37. The van der Waals surface area contributed by atoms with Gasteiger partial charge in [-0.1, -0.05) is 99.3 Å². The maximum Gasteiger partial charge on any atom is 0.399 e. The van der Waals surface area contributed by atoms with Crippen LogP contribution in [0.25, 0.3) is 6.08 Å². The number of alkyl halides is 3. The van der Waals surface area contributed by atoms with Crippen molar-refractivity contribution in [2.45, 2.75) is 44.8 Å². The molecule has 1 atom stereocenters. The van der Waals surface area contributed by atoms with Crippen molar-refractivity contribution in [3.8, 4) is 0 Å². The number of allylic oxidation sites excluding steroid dienone is 1. The van der Waals surface area contributed by atoms with Crippen LogP contribution in [0.1, 0.15) is 59.2 Å². The van der Waals surface area contributed by atoms with Gasteiger partial charge in [-0.2, -0.15) is 13.2 Å².